The highest BCUT2D eigenvalue weighted by Gasteiger charge is 1.89. The molecular weight excluding hydrogens is 208 g/mol. The number of rotatable bonds is 7. The van der Waals surface area contributed by atoms with Gasteiger partial charge in [-0.2, -0.15) is 0 Å². The fourth-order valence-corrected chi connectivity index (χ4v) is 0.709. The van der Waals surface area contributed by atoms with Gasteiger partial charge in [0.05, 0.1) is 19.8 Å². The fourth-order valence-electron chi connectivity index (χ4n) is 0.547. The van der Waals surface area contributed by atoms with Crippen molar-refractivity contribution in [1.29, 1.82) is 0 Å². The summed E-state index contributed by atoms with van der Waals surface area (Å²) in [4.78, 5) is 0. The van der Waals surface area contributed by atoms with E-state index in [1.807, 2.05) is 6.92 Å². The van der Waals surface area contributed by atoms with E-state index in [0.717, 1.165) is 24.1 Å². The van der Waals surface area contributed by atoms with Gasteiger partial charge >= 0.3 is 0 Å². The van der Waals surface area contributed by atoms with Crippen LogP contribution >= 0.6 is 15.9 Å². The van der Waals surface area contributed by atoms with Gasteiger partial charge in [0.15, 0.2) is 0 Å². The third-order valence-corrected chi connectivity index (χ3v) is 1.49. The van der Waals surface area contributed by atoms with Gasteiger partial charge in [-0.3, -0.25) is 0 Å². The van der Waals surface area contributed by atoms with Crippen molar-refractivity contribution in [2.75, 3.05) is 26.4 Å². The summed E-state index contributed by atoms with van der Waals surface area (Å²) in [6.45, 7) is 8.51. The highest BCUT2D eigenvalue weighted by molar-refractivity contribution is 9.11. The molecule has 0 heterocycles. The number of hydrogen-bond donors (Lipinski definition) is 0. The van der Waals surface area contributed by atoms with Gasteiger partial charge < -0.3 is 9.47 Å². The van der Waals surface area contributed by atoms with E-state index in [4.69, 9.17) is 9.47 Å². The van der Waals surface area contributed by atoms with Crippen molar-refractivity contribution < 1.29 is 9.47 Å². The van der Waals surface area contributed by atoms with Crippen LogP contribution in [-0.2, 0) is 9.47 Å². The first-order valence-corrected chi connectivity index (χ1v) is 4.55. The van der Waals surface area contributed by atoms with Crippen molar-refractivity contribution in [3.05, 3.63) is 11.1 Å². The molecule has 0 aliphatic carbocycles. The summed E-state index contributed by atoms with van der Waals surface area (Å²) >= 11 is 3.25. The number of hydrogen-bond acceptors (Lipinski definition) is 2. The third-order valence-electron chi connectivity index (χ3n) is 1.09. The van der Waals surface area contributed by atoms with Crippen LogP contribution in [0.3, 0.4) is 0 Å². The fraction of sp³-hybridized carbons (Fsp3) is 0.750. The molecule has 0 aliphatic rings. The van der Waals surface area contributed by atoms with E-state index in [1.54, 1.807) is 0 Å². The quantitative estimate of drug-likeness (QED) is 0.616. The lowest BCUT2D eigenvalue weighted by molar-refractivity contribution is 0.0546. The van der Waals surface area contributed by atoms with E-state index >= 15 is 0 Å². The van der Waals surface area contributed by atoms with E-state index in [-0.39, 0.29) is 0 Å². The molecule has 0 saturated heterocycles. The largest absolute Gasteiger partial charge is 0.379 e. The Labute approximate surface area is 76.7 Å². The lowest BCUT2D eigenvalue weighted by Gasteiger charge is -2.02. The van der Waals surface area contributed by atoms with Crippen molar-refractivity contribution in [3.8, 4) is 0 Å². The molecule has 0 atom stereocenters. The highest BCUT2D eigenvalue weighted by Crippen LogP contribution is 2.05. The maximum absolute atomic E-state index is 5.23. The van der Waals surface area contributed by atoms with Crippen molar-refractivity contribution in [2.24, 2.45) is 0 Å². The Kier molecular flexibility index (Phi) is 8.34. The van der Waals surface area contributed by atoms with E-state index in [0.29, 0.717) is 13.2 Å². The Balaban J connectivity index is 2.85. The van der Waals surface area contributed by atoms with Crippen LogP contribution in [0.15, 0.2) is 11.1 Å². The second kappa shape index (κ2) is 8.24. The molecule has 0 amide bonds. The van der Waals surface area contributed by atoms with Gasteiger partial charge in [-0.05, 0) is 11.4 Å². The molecule has 3 heteroatoms. The van der Waals surface area contributed by atoms with Crippen molar-refractivity contribution in [2.45, 2.75) is 13.3 Å². The summed E-state index contributed by atoms with van der Waals surface area (Å²) < 4.78 is 11.3. The maximum Gasteiger partial charge on any atom is 0.0700 e. The van der Waals surface area contributed by atoms with Gasteiger partial charge in [0.1, 0.15) is 0 Å². The Morgan fingerprint density at radius 1 is 1.27 bits per heavy atom. The van der Waals surface area contributed by atoms with Crippen molar-refractivity contribution >= 4 is 15.9 Å². The molecule has 0 saturated carbocycles. The van der Waals surface area contributed by atoms with Gasteiger partial charge in [0.2, 0.25) is 0 Å². The molecule has 0 spiro atoms. The number of ether oxygens (including phenoxy) is 2. The van der Waals surface area contributed by atoms with E-state index in [9.17, 15) is 0 Å². The average Bonchev–Trinajstić information content (AvgIpc) is 1.96. The predicted octanol–water partition coefficient (Wildman–Crippen LogP) is 2.34. The minimum Gasteiger partial charge on any atom is -0.379 e. The van der Waals surface area contributed by atoms with Crippen molar-refractivity contribution in [3.63, 3.8) is 0 Å². The Bertz CT molecular complexity index is 104. The van der Waals surface area contributed by atoms with Gasteiger partial charge in [0.25, 0.3) is 0 Å². The second-order valence-electron chi connectivity index (χ2n) is 2.08. The molecule has 0 aromatic heterocycles. The number of halogens is 1. The smallest absolute Gasteiger partial charge is 0.0700 e. The molecule has 0 fully saturated rings. The second-order valence-corrected chi connectivity index (χ2v) is 3.20. The van der Waals surface area contributed by atoms with Gasteiger partial charge in [0, 0.05) is 13.0 Å². The van der Waals surface area contributed by atoms with E-state index < -0.39 is 0 Å². The monoisotopic (exact) mass is 222 g/mol. The van der Waals surface area contributed by atoms with Crippen LogP contribution in [0, 0.1) is 0 Å². The van der Waals surface area contributed by atoms with Crippen LogP contribution in [0.2, 0.25) is 0 Å². The molecule has 2 nitrogen and oxygen atoms in total. The first-order valence-electron chi connectivity index (χ1n) is 3.76. The molecule has 0 aromatic carbocycles. The van der Waals surface area contributed by atoms with Crippen LogP contribution in [0.4, 0.5) is 0 Å². The minimum absolute atomic E-state index is 0.675. The zero-order valence-electron chi connectivity index (χ0n) is 6.94. The average molecular weight is 223 g/mol. The zero-order valence-corrected chi connectivity index (χ0v) is 8.52. The van der Waals surface area contributed by atoms with Crippen LogP contribution in [0.25, 0.3) is 0 Å². The molecule has 0 aliphatic heterocycles. The SMILES string of the molecule is C=C(Br)CCOCCOCC. The molecule has 0 unspecified atom stereocenters. The Hall–Kier alpha value is 0.140. The summed E-state index contributed by atoms with van der Waals surface area (Å²) in [6.07, 6.45) is 0.867. The standard InChI is InChI=1S/C8H15BrO2/c1-3-10-6-7-11-5-4-8(2)9/h2-7H2,1H3. The van der Waals surface area contributed by atoms with E-state index in [2.05, 4.69) is 22.5 Å². The lowest BCUT2D eigenvalue weighted by atomic mass is 10.4. The van der Waals surface area contributed by atoms with Crippen molar-refractivity contribution in [1.82, 2.24) is 0 Å². The summed E-state index contributed by atoms with van der Waals surface area (Å²) in [5.41, 5.74) is 0. The van der Waals surface area contributed by atoms with Crippen LogP contribution < -0.4 is 0 Å². The Morgan fingerprint density at radius 2 is 1.91 bits per heavy atom. The predicted molar refractivity (Wildman–Crippen MR) is 50.0 cm³/mol. The van der Waals surface area contributed by atoms with Gasteiger partial charge in [-0.15, -0.1) is 0 Å². The van der Waals surface area contributed by atoms with Crippen LogP contribution in [0.1, 0.15) is 13.3 Å². The molecule has 11 heavy (non-hydrogen) atoms. The van der Waals surface area contributed by atoms with Crippen LogP contribution in [0.5, 0.6) is 0 Å². The topological polar surface area (TPSA) is 18.5 Å². The molecule has 0 aromatic rings. The highest BCUT2D eigenvalue weighted by atomic mass is 79.9. The summed E-state index contributed by atoms with van der Waals surface area (Å²) in [5, 5.41) is 0. The van der Waals surface area contributed by atoms with E-state index in [1.165, 1.54) is 0 Å². The molecule has 0 bridgehead atoms. The lowest BCUT2D eigenvalue weighted by Crippen LogP contribution is -2.04. The molecule has 0 N–H and O–H groups in total. The summed E-state index contributed by atoms with van der Waals surface area (Å²) in [5.74, 6) is 0. The first-order chi connectivity index (χ1) is 5.27. The molecule has 0 radical (unpaired) electrons. The Morgan fingerprint density at radius 3 is 2.45 bits per heavy atom. The zero-order chi connectivity index (χ0) is 8.53. The molecular formula is C8H15BrO2. The summed E-state index contributed by atoms with van der Waals surface area (Å²) in [6, 6.07) is 0. The third kappa shape index (κ3) is 10.1. The minimum atomic E-state index is 0.675. The summed E-state index contributed by atoms with van der Waals surface area (Å²) in [7, 11) is 0. The van der Waals surface area contributed by atoms with Gasteiger partial charge in [-0.1, -0.05) is 22.5 Å². The van der Waals surface area contributed by atoms with Crippen LogP contribution in [-0.4, -0.2) is 26.4 Å². The molecule has 0 rings (SSSR count). The first kappa shape index (κ1) is 11.1. The molecule has 66 valence electrons. The van der Waals surface area contributed by atoms with Gasteiger partial charge in [-0.25, -0.2) is 0 Å². The maximum atomic E-state index is 5.23. The normalized spacial score (nSPS) is 10.0.